The number of hydrogen-bond acceptors (Lipinski definition) is 9. The van der Waals surface area contributed by atoms with E-state index in [0.717, 1.165) is 20.8 Å². The lowest BCUT2D eigenvalue weighted by Crippen LogP contribution is -2.36. The molecular formula is C25H25Cl2N2O7S3-. The van der Waals surface area contributed by atoms with E-state index in [1.807, 2.05) is 29.7 Å². The number of hydrogen-bond donors (Lipinski definition) is 0. The van der Waals surface area contributed by atoms with Crippen LogP contribution in [0.2, 0.25) is 10.0 Å². The fourth-order valence-corrected chi connectivity index (χ4v) is 6.63. The Bertz CT molecular complexity index is 1670. The number of fused-ring (bicyclic) bond motifs is 2. The molecule has 2 aromatic carbocycles. The summed E-state index contributed by atoms with van der Waals surface area (Å²) in [6, 6.07) is 10.6. The van der Waals surface area contributed by atoms with Gasteiger partial charge < -0.3 is 18.7 Å². The van der Waals surface area contributed by atoms with Gasteiger partial charge in [-0.1, -0.05) is 41.5 Å². The Kier molecular flexibility index (Phi) is 9.26. The summed E-state index contributed by atoms with van der Waals surface area (Å²) in [5.41, 5.74) is 2.36. The van der Waals surface area contributed by atoms with Gasteiger partial charge in [0.05, 0.1) is 25.9 Å². The largest absolute Gasteiger partial charge is 0.748 e. The van der Waals surface area contributed by atoms with Crippen LogP contribution in [0.15, 0.2) is 53.9 Å². The van der Waals surface area contributed by atoms with Crippen LogP contribution in [-0.2, 0) is 26.8 Å². The summed E-state index contributed by atoms with van der Waals surface area (Å²) < 4.78 is 76.0. The number of halogens is 2. The first-order chi connectivity index (χ1) is 18.3. The molecule has 0 saturated carbocycles. The summed E-state index contributed by atoms with van der Waals surface area (Å²) in [4.78, 5) is 1.79. The van der Waals surface area contributed by atoms with Crippen molar-refractivity contribution in [3.8, 4) is 5.75 Å². The Morgan fingerprint density at radius 2 is 1.69 bits per heavy atom. The molecule has 0 unspecified atom stereocenters. The minimum atomic E-state index is -4.37. The summed E-state index contributed by atoms with van der Waals surface area (Å²) >= 11 is 13.9. The monoisotopic (exact) mass is 631 g/mol. The Morgan fingerprint density at radius 3 is 2.38 bits per heavy atom. The Balaban J connectivity index is 1.71. The number of aryl methyl sites for hydroxylation is 1. The van der Waals surface area contributed by atoms with Crippen LogP contribution < -0.4 is 14.2 Å². The van der Waals surface area contributed by atoms with E-state index in [4.69, 9.17) is 27.9 Å². The summed E-state index contributed by atoms with van der Waals surface area (Å²) in [6.45, 7) is 2.49. The summed E-state index contributed by atoms with van der Waals surface area (Å²) in [7, 11) is -8.71. The van der Waals surface area contributed by atoms with Gasteiger partial charge in [-0.3, -0.25) is 0 Å². The van der Waals surface area contributed by atoms with Crippen molar-refractivity contribution < 1.29 is 35.2 Å². The Labute approximate surface area is 241 Å². The smallest absolute Gasteiger partial charge is 0.263 e. The maximum Gasteiger partial charge on any atom is 0.263 e. The zero-order chi connectivity index (χ0) is 28.4. The lowest BCUT2D eigenvalue weighted by molar-refractivity contribution is -0.668. The zero-order valence-corrected chi connectivity index (χ0v) is 24.8. The minimum Gasteiger partial charge on any atom is -0.748 e. The second kappa shape index (κ2) is 12.1. The van der Waals surface area contributed by atoms with E-state index in [1.165, 1.54) is 11.3 Å². The van der Waals surface area contributed by atoms with Crippen LogP contribution in [0.4, 0.5) is 5.69 Å². The van der Waals surface area contributed by atoms with Crippen LogP contribution in [-0.4, -0.2) is 44.0 Å². The van der Waals surface area contributed by atoms with Crippen molar-refractivity contribution >= 4 is 76.8 Å². The highest BCUT2D eigenvalue weighted by Crippen LogP contribution is 2.41. The molecule has 0 bridgehead atoms. The second-order valence-electron chi connectivity index (χ2n) is 8.86. The Morgan fingerprint density at radius 1 is 1.03 bits per heavy atom. The molecule has 2 heterocycles. The molecule has 1 aromatic heterocycles. The van der Waals surface area contributed by atoms with Crippen molar-refractivity contribution in [3.05, 3.63) is 69.0 Å². The number of benzene rings is 2. The van der Waals surface area contributed by atoms with Gasteiger partial charge in [-0.15, -0.1) is 0 Å². The SMILES string of the molecule is CCC(/C=C1\Oc2ccc(Cl)cc2N1CCCS(=O)(=O)[O-])=C\c1sc2ccc(Cl)cc2[n+]1CCCS(=O)(=O)[O-]. The highest BCUT2D eigenvalue weighted by Gasteiger charge is 2.27. The van der Waals surface area contributed by atoms with Crippen molar-refractivity contribution in [2.45, 2.75) is 32.7 Å². The van der Waals surface area contributed by atoms with E-state index < -0.39 is 31.7 Å². The molecule has 39 heavy (non-hydrogen) atoms. The molecule has 1 aliphatic rings. The molecule has 0 radical (unpaired) electrons. The van der Waals surface area contributed by atoms with Gasteiger partial charge >= 0.3 is 0 Å². The van der Waals surface area contributed by atoms with Gasteiger partial charge in [-0.25, -0.2) is 16.8 Å². The van der Waals surface area contributed by atoms with Crippen molar-refractivity contribution in [3.63, 3.8) is 0 Å². The third-order valence-electron chi connectivity index (χ3n) is 5.96. The summed E-state index contributed by atoms with van der Waals surface area (Å²) in [6.07, 6.45) is 4.65. The molecule has 0 amide bonds. The maximum atomic E-state index is 11.2. The van der Waals surface area contributed by atoms with Crippen LogP contribution in [0.3, 0.4) is 0 Å². The third-order valence-corrected chi connectivity index (χ3v) is 9.12. The molecule has 4 rings (SSSR count). The van der Waals surface area contributed by atoms with Gasteiger partial charge in [-0.2, -0.15) is 4.57 Å². The standard InChI is InChI=1S/C25H26Cl2N2O7S3/c1-2-17(13-24-28(9-3-11-38(30,31)32)20-15-18(26)5-7-22(20)36-24)14-25-29(10-4-12-39(33,34)35)21-16-19(27)6-8-23(21)37-25/h5-8,13-16H,2-4,9-12H2,1H3,(H-,30,31,32,33,34,35)/p-1. The molecule has 0 aliphatic carbocycles. The number of thiazole rings is 1. The van der Waals surface area contributed by atoms with E-state index in [1.54, 1.807) is 35.2 Å². The number of allylic oxidation sites excluding steroid dienone is 2. The van der Waals surface area contributed by atoms with Gasteiger partial charge in [0.25, 0.3) is 5.01 Å². The number of ether oxygens (including phenoxy) is 1. The maximum absolute atomic E-state index is 11.2. The normalized spacial score (nSPS) is 15.3. The van der Waals surface area contributed by atoms with Crippen LogP contribution in [0, 0.1) is 0 Å². The van der Waals surface area contributed by atoms with Gasteiger partial charge in [0.2, 0.25) is 11.4 Å². The van der Waals surface area contributed by atoms with Crippen molar-refractivity contribution in [1.82, 2.24) is 0 Å². The molecule has 210 valence electrons. The van der Waals surface area contributed by atoms with Gasteiger partial charge in [0.1, 0.15) is 4.70 Å². The number of aromatic nitrogens is 1. The van der Waals surface area contributed by atoms with E-state index in [2.05, 4.69) is 0 Å². The molecule has 14 heteroatoms. The van der Waals surface area contributed by atoms with E-state index >= 15 is 0 Å². The van der Waals surface area contributed by atoms with Crippen molar-refractivity contribution in [2.75, 3.05) is 23.0 Å². The predicted octanol–water partition coefficient (Wildman–Crippen LogP) is 4.90. The highest BCUT2D eigenvalue weighted by atomic mass is 35.5. The van der Waals surface area contributed by atoms with E-state index in [9.17, 15) is 25.9 Å². The van der Waals surface area contributed by atoms with Crippen LogP contribution in [0.25, 0.3) is 16.3 Å². The molecule has 0 N–H and O–H groups in total. The molecule has 0 spiro atoms. The van der Waals surface area contributed by atoms with Crippen LogP contribution in [0.5, 0.6) is 5.75 Å². The fraction of sp³-hybridized carbons (Fsp3) is 0.320. The lowest BCUT2D eigenvalue weighted by atomic mass is 10.2. The van der Waals surface area contributed by atoms with Crippen molar-refractivity contribution in [2.24, 2.45) is 0 Å². The van der Waals surface area contributed by atoms with Gasteiger partial charge in [-0.05, 0) is 48.7 Å². The molecule has 0 fully saturated rings. The third kappa shape index (κ3) is 7.94. The molecule has 3 aromatic rings. The number of rotatable bonds is 11. The number of anilines is 1. The van der Waals surface area contributed by atoms with E-state index in [0.29, 0.717) is 40.3 Å². The quantitative estimate of drug-likeness (QED) is 0.216. The average Bonchev–Trinajstić information content (AvgIpc) is 3.34. The first-order valence-corrected chi connectivity index (χ1v) is 16.7. The zero-order valence-electron chi connectivity index (χ0n) is 20.8. The summed E-state index contributed by atoms with van der Waals surface area (Å²) in [5, 5.41) is 1.84. The van der Waals surface area contributed by atoms with Crippen LogP contribution >= 0.6 is 34.5 Å². The topological polar surface area (TPSA) is 131 Å². The highest BCUT2D eigenvalue weighted by molar-refractivity contribution is 7.85. The fourth-order valence-electron chi connectivity index (χ4n) is 4.19. The van der Waals surface area contributed by atoms with E-state index in [-0.39, 0.29) is 19.4 Å². The predicted molar refractivity (Wildman–Crippen MR) is 151 cm³/mol. The minimum absolute atomic E-state index is 0.101. The Hall–Kier alpha value is -2.19. The number of nitrogens with zero attached hydrogens (tertiary/aromatic N) is 2. The van der Waals surface area contributed by atoms with Crippen molar-refractivity contribution in [1.29, 1.82) is 0 Å². The first-order valence-electron chi connectivity index (χ1n) is 12.0. The lowest BCUT2D eigenvalue weighted by Gasteiger charge is -2.19. The molecule has 0 atom stereocenters. The average molecular weight is 633 g/mol. The molecule has 9 nitrogen and oxygen atoms in total. The molecule has 0 saturated heterocycles. The molecular weight excluding hydrogens is 607 g/mol. The first kappa shape index (κ1) is 29.8. The van der Waals surface area contributed by atoms with Gasteiger partial charge in [0.15, 0.2) is 12.3 Å². The second-order valence-corrected chi connectivity index (χ2v) is 13.8. The van der Waals surface area contributed by atoms with Gasteiger partial charge in [0, 0.05) is 52.7 Å². The molecule has 1 aliphatic heterocycles. The summed E-state index contributed by atoms with van der Waals surface area (Å²) in [5.74, 6) is 0.0226. The van der Waals surface area contributed by atoms with Crippen LogP contribution in [0.1, 0.15) is 31.2 Å².